The van der Waals surface area contributed by atoms with Gasteiger partial charge in [0.15, 0.2) is 0 Å². The van der Waals surface area contributed by atoms with E-state index in [0.29, 0.717) is 17.9 Å². The van der Waals surface area contributed by atoms with Crippen LogP contribution < -0.4 is 4.74 Å². The Morgan fingerprint density at radius 1 is 1.28 bits per heavy atom. The number of amides is 1. The summed E-state index contributed by atoms with van der Waals surface area (Å²) in [6, 6.07) is 8.79. The molecule has 2 saturated carbocycles. The molecule has 3 aliphatic rings. The van der Waals surface area contributed by atoms with Crippen LogP contribution in [0.4, 0.5) is 0 Å². The molecule has 136 valence electrons. The van der Waals surface area contributed by atoms with E-state index in [-0.39, 0.29) is 11.5 Å². The first-order valence-electron chi connectivity index (χ1n) is 9.69. The first-order valence-corrected chi connectivity index (χ1v) is 9.69. The first-order chi connectivity index (χ1) is 12.0. The summed E-state index contributed by atoms with van der Waals surface area (Å²) in [6.07, 6.45) is 5.20. The molecule has 1 aromatic rings. The maximum Gasteiger partial charge on any atom is 0.225 e. The summed E-state index contributed by atoms with van der Waals surface area (Å²) in [5.74, 6) is 2.27. The number of nitrogens with zero attached hydrogens (tertiary/aromatic N) is 2. The van der Waals surface area contributed by atoms with Gasteiger partial charge in [0.1, 0.15) is 11.4 Å². The number of benzene rings is 1. The fraction of sp³-hybridized carbons (Fsp3) is 0.667. The number of likely N-dealkylation sites (N-methyl/N-ethyl adjacent to an activating group) is 1. The lowest BCUT2D eigenvalue weighted by Crippen LogP contribution is -2.51. The molecule has 0 aromatic heterocycles. The minimum Gasteiger partial charge on any atom is -0.486 e. The van der Waals surface area contributed by atoms with E-state index in [0.717, 1.165) is 50.9 Å². The Labute approximate surface area is 151 Å². The predicted octanol–water partition coefficient (Wildman–Crippen LogP) is 3.31. The molecule has 0 bridgehead atoms. The van der Waals surface area contributed by atoms with Crippen molar-refractivity contribution in [2.24, 2.45) is 11.8 Å². The SMILES string of the molecule is C[C@@H]1C[C@H]1C(=O)N(C)C1CCC2(CC1)CN(C)Cc1ccccc1O2. The van der Waals surface area contributed by atoms with Crippen LogP contribution in [0.5, 0.6) is 5.75 Å². The molecule has 1 heterocycles. The third-order valence-electron chi connectivity index (χ3n) is 6.49. The summed E-state index contributed by atoms with van der Waals surface area (Å²) < 4.78 is 6.58. The van der Waals surface area contributed by atoms with Crippen LogP contribution in [0.1, 0.15) is 44.6 Å². The van der Waals surface area contributed by atoms with Gasteiger partial charge in [0.2, 0.25) is 5.91 Å². The average Bonchev–Trinajstić information content (AvgIpc) is 3.34. The van der Waals surface area contributed by atoms with Crippen LogP contribution in [0.25, 0.3) is 0 Å². The number of hydrogen-bond donors (Lipinski definition) is 0. The number of ether oxygens (including phenoxy) is 1. The maximum absolute atomic E-state index is 12.5. The van der Waals surface area contributed by atoms with Gasteiger partial charge in [-0.1, -0.05) is 25.1 Å². The van der Waals surface area contributed by atoms with Crippen molar-refractivity contribution in [2.75, 3.05) is 20.6 Å². The van der Waals surface area contributed by atoms with Gasteiger partial charge >= 0.3 is 0 Å². The number of carbonyl (C=O) groups excluding carboxylic acids is 1. The van der Waals surface area contributed by atoms with Crippen molar-refractivity contribution < 1.29 is 9.53 Å². The molecule has 0 N–H and O–H groups in total. The molecule has 2 atom stereocenters. The standard InChI is InChI=1S/C21H30N2O2/c1-15-12-18(15)20(24)23(3)17-8-10-21(11-9-17)14-22(2)13-16-6-4-5-7-19(16)25-21/h4-7,15,17-18H,8-14H2,1-3H3/t15-,17?,18-,21?/m1/s1. The van der Waals surface area contributed by atoms with E-state index in [2.05, 4.69) is 43.1 Å². The van der Waals surface area contributed by atoms with Crippen molar-refractivity contribution >= 4 is 5.91 Å². The van der Waals surface area contributed by atoms with Gasteiger partial charge in [-0.05, 0) is 51.1 Å². The zero-order valence-corrected chi connectivity index (χ0v) is 15.7. The minimum absolute atomic E-state index is 0.103. The maximum atomic E-state index is 12.5. The summed E-state index contributed by atoms with van der Waals surface area (Å²) in [5.41, 5.74) is 1.17. The zero-order chi connectivity index (χ0) is 17.6. The van der Waals surface area contributed by atoms with Crippen molar-refractivity contribution in [1.82, 2.24) is 9.80 Å². The second-order valence-electron chi connectivity index (χ2n) is 8.56. The van der Waals surface area contributed by atoms with E-state index in [1.165, 1.54) is 5.56 Å². The van der Waals surface area contributed by atoms with Crippen LogP contribution >= 0.6 is 0 Å². The highest BCUT2D eigenvalue weighted by atomic mass is 16.5. The highest BCUT2D eigenvalue weighted by molar-refractivity contribution is 5.81. The van der Waals surface area contributed by atoms with E-state index in [9.17, 15) is 4.79 Å². The van der Waals surface area contributed by atoms with Crippen molar-refractivity contribution in [2.45, 2.75) is 57.2 Å². The largest absolute Gasteiger partial charge is 0.486 e. The van der Waals surface area contributed by atoms with Crippen LogP contribution in [0.3, 0.4) is 0 Å². The summed E-state index contributed by atoms with van der Waals surface area (Å²) in [5, 5.41) is 0. The Bertz CT molecular complexity index is 651. The Morgan fingerprint density at radius 3 is 2.64 bits per heavy atom. The van der Waals surface area contributed by atoms with E-state index in [1.54, 1.807) is 0 Å². The molecule has 4 rings (SSSR count). The number of fused-ring (bicyclic) bond motifs is 1. The summed E-state index contributed by atoms with van der Waals surface area (Å²) in [6.45, 7) is 4.09. The van der Waals surface area contributed by atoms with Crippen molar-refractivity contribution in [3.8, 4) is 5.75 Å². The summed E-state index contributed by atoms with van der Waals surface area (Å²) >= 11 is 0. The van der Waals surface area contributed by atoms with Gasteiger partial charge in [-0.3, -0.25) is 9.69 Å². The van der Waals surface area contributed by atoms with Crippen LogP contribution in [0, 0.1) is 11.8 Å². The highest BCUT2D eigenvalue weighted by Gasteiger charge is 2.45. The first kappa shape index (κ1) is 16.9. The lowest BCUT2D eigenvalue weighted by molar-refractivity contribution is -0.135. The molecule has 0 saturated heterocycles. The fourth-order valence-electron chi connectivity index (χ4n) is 4.72. The lowest BCUT2D eigenvalue weighted by Gasteiger charge is -2.43. The van der Waals surface area contributed by atoms with Gasteiger partial charge in [-0.2, -0.15) is 0 Å². The molecule has 0 unspecified atom stereocenters. The number of para-hydroxylation sites is 1. The summed E-state index contributed by atoms with van der Waals surface area (Å²) in [4.78, 5) is 17.0. The van der Waals surface area contributed by atoms with Crippen molar-refractivity contribution in [3.63, 3.8) is 0 Å². The van der Waals surface area contributed by atoms with Crippen molar-refractivity contribution in [3.05, 3.63) is 29.8 Å². The summed E-state index contributed by atoms with van der Waals surface area (Å²) in [7, 11) is 4.19. The molecular formula is C21H30N2O2. The van der Waals surface area contributed by atoms with Gasteiger partial charge in [0.05, 0.1) is 0 Å². The van der Waals surface area contributed by atoms with E-state index in [1.807, 2.05) is 11.9 Å². The fourth-order valence-corrected chi connectivity index (χ4v) is 4.72. The Morgan fingerprint density at radius 2 is 1.96 bits per heavy atom. The smallest absolute Gasteiger partial charge is 0.225 e. The zero-order valence-electron chi connectivity index (χ0n) is 15.7. The molecular weight excluding hydrogens is 312 g/mol. The molecule has 1 spiro atoms. The Kier molecular flexibility index (Phi) is 4.27. The molecule has 2 aliphatic carbocycles. The van der Waals surface area contributed by atoms with Crippen LogP contribution in [-0.2, 0) is 11.3 Å². The van der Waals surface area contributed by atoms with E-state index >= 15 is 0 Å². The molecule has 4 nitrogen and oxygen atoms in total. The highest BCUT2D eigenvalue weighted by Crippen LogP contribution is 2.42. The third kappa shape index (κ3) is 3.29. The lowest BCUT2D eigenvalue weighted by atomic mass is 9.81. The minimum atomic E-state index is -0.103. The van der Waals surface area contributed by atoms with Crippen molar-refractivity contribution in [1.29, 1.82) is 0 Å². The topological polar surface area (TPSA) is 32.8 Å². The second-order valence-corrected chi connectivity index (χ2v) is 8.56. The molecule has 1 aliphatic heterocycles. The molecule has 4 heteroatoms. The Hall–Kier alpha value is -1.55. The molecule has 2 fully saturated rings. The van der Waals surface area contributed by atoms with Gasteiger partial charge in [0, 0.05) is 37.7 Å². The molecule has 1 amide bonds. The average molecular weight is 342 g/mol. The van der Waals surface area contributed by atoms with Gasteiger partial charge < -0.3 is 9.64 Å². The second kappa shape index (κ2) is 6.31. The predicted molar refractivity (Wildman–Crippen MR) is 98.4 cm³/mol. The van der Waals surface area contributed by atoms with Crippen LogP contribution in [-0.4, -0.2) is 48.0 Å². The van der Waals surface area contributed by atoms with Crippen LogP contribution in [0.2, 0.25) is 0 Å². The van der Waals surface area contributed by atoms with Gasteiger partial charge in [-0.25, -0.2) is 0 Å². The quantitative estimate of drug-likeness (QED) is 0.827. The van der Waals surface area contributed by atoms with Gasteiger partial charge in [-0.15, -0.1) is 0 Å². The molecule has 0 radical (unpaired) electrons. The van der Waals surface area contributed by atoms with Gasteiger partial charge in [0.25, 0.3) is 0 Å². The van der Waals surface area contributed by atoms with Crippen LogP contribution in [0.15, 0.2) is 24.3 Å². The normalized spacial score (nSPS) is 34.8. The molecule has 25 heavy (non-hydrogen) atoms. The monoisotopic (exact) mass is 342 g/mol. The molecule has 1 aromatic carbocycles. The Balaban J connectivity index is 1.44. The van der Waals surface area contributed by atoms with E-state index < -0.39 is 0 Å². The number of hydrogen-bond acceptors (Lipinski definition) is 3. The number of carbonyl (C=O) groups is 1. The third-order valence-corrected chi connectivity index (χ3v) is 6.49. The number of rotatable bonds is 2. The van der Waals surface area contributed by atoms with E-state index in [4.69, 9.17) is 4.74 Å².